The SMILES string of the molecule is c1ccc(-c2ccc(N(c3ccc(-c4ccccc4)cc3)c3cccc(-c4ccc(-c5ccc(-c6ccc7c(c6)oc6ccccc67)cc5-c5ccc6c(c5)oc5ccccc56)cc4)c3)cc2)cc1.c1ccc(-c2ccc(N(c3ccccc3)c3cccc(-c4ccc(-c5ccc(-c6ccc7c(c6)oc6ccccc67)cc5-c5ccc6c(c5)oc5ccccc56)cc4)c3)cc2)cc1. The maximum absolute atomic E-state index is 6.43. The van der Waals surface area contributed by atoms with E-state index < -0.39 is 0 Å². The molecule has 0 saturated heterocycles. The predicted molar refractivity (Wildman–Crippen MR) is 551 cm³/mol. The van der Waals surface area contributed by atoms with Crippen molar-refractivity contribution in [3.05, 3.63) is 497 Å². The number of para-hydroxylation sites is 5. The Bertz CT molecular complexity index is 8510. The second kappa shape index (κ2) is 33.6. The van der Waals surface area contributed by atoms with Gasteiger partial charge < -0.3 is 27.5 Å². The second-order valence-corrected chi connectivity index (χ2v) is 33.8. The fourth-order valence-corrected chi connectivity index (χ4v) is 19.1. The lowest BCUT2D eigenvalue weighted by Crippen LogP contribution is -2.10. The summed E-state index contributed by atoms with van der Waals surface area (Å²) in [6, 6.07) is 177. The van der Waals surface area contributed by atoms with Gasteiger partial charge in [-0.05, 0) is 280 Å². The van der Waals surface area contributed by atoms with E-state index in [2.05, 4.69) is 459 Å². The summed E-state index contributed by atoms with van der Waals surface area (Å²) in [7, 11) is 0. The zero-order valence-electron chi connectivity index (χ0n) is 71.9. The van der Waals surface area contributed by atoms with Gasteiger partial charge in [-0.2, -0.15) is 0 Å². The van der Waals surface area contributed by atoms with Gasteiger partial charge in [0.15, 0.2) is 0 Å². The van der Waals surface area contributed by atoms with Crippen LogP contribution in [0.4, 0.5) is 34.1 Å². The van der Waals surface area contributed by atoms with E-state index in [4.69, 9.17) is 17.7 Å². The lowest BCUT2D eigenvalue weighted by atomic mass is 9.90. The van der Waals surface area contributed by atoms with Crippen LogP contribution in [-0.4, -0.2) is 0 Å². The van der Waals surface area contributed by atoms with Gasteiger partial charge in [-0.3, -0.25) is 0 Å². The Balaban J connectivity index is 0.000000146. The number of furan rings is 4. The molecular weight excluding hydrogens is 1610 g/mol. The summed E-state index contributed by atoms with van der Waals surface area (Å²) in [6.45, 7) is 0. The van der Waals surface area contributed by atoms with Gasteiger partial charge in [-0.15, -0.1) is 0 Å². The number of benzene rings is 21. The van der Waals surface area contributed by atoms with Gasteiger partial charge in [0.2, 0.25) is 0 Å². The third kappa shape index (κ3) is 14.9. The first-order chi connectivity index (χ1) is 65.4. The third-order valence-corrected chi connectivity index (χ3v) is 25.8. The molecule has 0 N–H and O–H groups in total. The first-order valence-electron chi connectivity index (χ1n) is 44.9. The van der Waals surface area contributed by atoms with Crippen LogP contribution in [0.1, 0.15) is 0 Å². The largest absolute Gasteiger partial charge is 0.456 e. The van der Waals surface area contributed by atoms with E-state index in [9.17, 15) is 0 Å². The minimum atomic E-state index is 0.872. The number of nitrogens with zero attached hydrogens (tertiary/aromatic N) is 2. The van der Waals surface area contributed by atoms with Crippen molar-refractivity contribution in [1.82, 2.24) is 0 Å². The fourth-order valence-electron chi connectivity index (χ4n) is 19.1. The Kier molecular flexibility index (Phi) is 19.9. The molecule has 0 atom stereocenters. The van der Waals surface area contributed by atoms with Crippen molar-refractivity contribution < 1.29 is 17.7 Å². The summed E-state index contributed by atoms with van der Waals surface area (Å²) in [5.41, 5.74) is 38.8. The van der Waals surface area contributed by atoms with E-state index >= 15 is 0 Å². The number of hydrogen-bond donors (Lipinski definition) is 0. The Hall–Kier alpha value is -17.6. The van der Waals surface area contributed by atoms with Crippen LogP contribution in [0.25, 0.3) is 210 Å². The summed E-state index contributed by atoms with van der Waals surface area (Å²) < 4.78 is 25.5. The maximum Gasteiger partial charge on any atom is 0.136 e. The number of fused-ring (bicyclic) bond motifs is 12. The van der Waals surface area contributed by atoms with Crippen molar-refractivity contribution in [2.75, 3.05) is 9.80 Å². The highest BCUT2D eigenvalue weighted by Gasteiger charge is 2.22. The molecule has 0 bridgehead atoms. The highest BCUT2D eigenvalue weighted by Crippen LogP contribution is 2.47. The summed E-state index contributed by atoms with van der Waals surface area (Å²) in [5.74, 6) is 0. The summed E-state index contributed by atoms with van der Waals surface area (Å²) in [5, 5.41) is 8.98. The standard InChI is InChI=1S/C66H43NO2.C60H39NO2/c1-3-12-44(13-4-1)46-26-33-54(34-27-46)67(55-35-28-47(29-36-55)45-14-5-2-6-15-45)56-17-11-16-50(40-56)48-22-24-49(25-23-48)57-37-30-51(52-31-38-60-58-18-7-9-20-63(58)68-65(60)42-52)41-62(57)53-32-39-61-59-19-8-10-21-64(59)69-66(61)43-53;1-3-12-40(13-4-1)41-26-31-49(32-27-41)61(48-15-5-2-6-16-48)50-17-11-14-44(36-50)42-22-24-43(25-23-42)51-33-28-45(46-29-34-54-52-18-7-9-20-57(52)62-59(54)38-46)37-56(51)47-30-35-55-53-19-8-10-21-58(53)63-60(55)39-47/h1-43H;1-39H. The quantitative estimate of drug-likeness (QED) is 0.0905. The van der Waals surface area contributed by atoms with E-state index in [0.717, 1.165) is 211 Å². The van der Waals surface area contributed by atoms with Crippen molar-refractivity contribution in [3.63, 3.8) is 0 Å². The minimum absolute atomic E-state index is 0.872. The van der Waals surface area contributed by atoms with Gasteiger partial charge in [-0.25, -0.2) is 0 Å². The number of anilines is 6. The molecule has 21 aromatic carbocycles. The van der Waals surface area contributed by atoms with Gasteiger partial charge in [0, 0.05) is 77.2 Å². The van der Waals surface area contributed by atoms with Crippen LogP contribution in [-0.2, 0) is 0 Å². The first kappa shape index (κ1) is 77.9. The highest BCUT2D eigenvalue weighted by atomic mass is 16.3. The Morgan fingerprint density at radius 3 is 0.644 bits per heavy atom. The molecule has 0 fully saturated rings. The van der Waals surface area contributed by atoms with Gasteiger partial charge in [0.1, 0.15) is 44.7 Å². The van der Waals surface area contributed by atoms with Gasteiger partial charge in [-0.1, -0.05) is 340 Å². The van der Waals surface area contributed by atoms with Crippen molar-refractivity contribution in [3.8, 4) is 122 Å². The van der Waals surface area contributed by atoms with Crippen LogP contribution < -0.4 is 9.80 Å². The van der Waals surface area contributed by atoms with Crippen molar-refractivity contribution in [2.45, 2.75) is 0 Å². The predicted octanol–water partition coefficient (Wildman–Crippen LogP) is 36.2. The molecule has 0 unspecified atom stereocenters. The smallest absolute Gasteiger partial charge is 0.136 e. The Morgan fingerprint density at radius 2 is 0.311 bits per heavy atom. The topological polar surface area (TPSA) is 59.0 Å². The second-order valence-electron chi connectivity index (χ2n) is 33.8. The Labute approximate surface area is 764 Å². The first-order valence-corrected chi connectivity index (χ1v) is 44.9. The molecule has 6 heteroatoms. The molecule has 0 spiro atoms. The third-order valence-electron chi connectivity index (χ3n) is 25.8. The molecule has 6 nitrogen and oxygen atoms in total. The van der Waals surface area contributed by atoms with E-state index in [1.807, 2.05) is 48.5 Å². The average molecular weight is 1690 g/mol. The summed E-state index contributed by atoms with van der Waals surface area (Å²) in [4.78, 5) is 4.67. The van der Waals surface area contributed by atoms with Crippen LogP contribution in [0.2, 0.25) is 0 Å². The van der Waals surface area contributed by atoms with E-state index in [-0.39, 0.29) is 0 Å². The molecule has 132 heavy (non-hydrogen) atoms. The summed E-state index contributed by atoms with van der Waals surface area (Å²) in [6.07, 6.45) is 0. The van der Waals surface area contributed by atoms with Crippen LogP contribution in [0.5, 0.6) is 0 Å². The molecule has 0 aliphatic rings. The minimum Gasteiger partial charge on any atom is -0.456 e. The molecule has 25 aromatic rings. The molecule has 4 aromatic heterocycles. The van der Waals surface area contributed by atoms with Crippen LogP contribution in [0.3, 0.4) is 0 Å². The lowest BCUT2D eigenvalue weighted by molar-refractivity contribution is 0.668. The van der Waals surface area contributed by atoms with Crippen LogP contribution >= 0.6 is 0 Å². The van der Waals surface area contributed by atoms with Gasteiger partial charge >= 0.3 is 0 Å². The molecular formula is C126H82N2O4. The van der Waals surface area contributed by atoms with E-state index in [1.54, 1.807) is 0 Å². The molecule has 0 saturated carbocycles. The molecule has 0 aliphatic heterocycles. The zero-order chi connectivity index (χ0) is 87.4. The van der Waals surface area contributed by atoms with Gasteiger partial charge in [0.25, 0.3) is 0 Å². The fraction of sp³-hybridized carbons (Fsp3) is 0. The van der Waals surface area contributed by atoms with Crippen molar-refractivity contribution >= 4 is 122 Å². The normalized spacial score (nSPS) is 11.5. The van der Waals surface area contributed by atoms with Crippen molar-refractivity contribution in [1.29, 1.82) is 0 Å². The number of hydrogen-bond acceptors (Lipinski definition) is 6. The highest BCUT2D eigenvalue weighted by molar-refractivity contribution is 6.10. The zero-order valence-corrected chi connectivity index (χ0v) is 71.9. The molecule has 0 aliphatic carbocycles. The monoisotopic (exact) mass is 1690 g/mol. The molecule has 4 heterocycles. The Morgan fingerprint density at radius 1 is 0.106 bits per heavy atom. The maximum atomic E-state index is 6.43. The molecule has 620 valence electrons. The van der Waals surface area contributed by atoms with Crippen molar-refractivity contribution in [2.24, 2.45) is 0 Å². The molecule has 0 amide bonds. The van der Waals surface area contributed by atoms with E-state index in [0.29, 0.717) is 0 Å². The molecule has 0 radical (unpaired) electrons. The summed E-state index contributed by atoms with van der Waals surface area (Å²) >= 11 is 0. The molecule has 25 rings (SSSR count). The lowest BCUT2D eigenvalue weighted by Gasteiger charge is -2.26. The van der Waals surface area contributed by atoms with E-state index in [1.165, 1.54) is 33.4 Å². The van der Waals surface area contributed by atoms with Crippen LogP contribution in [0, 0.1) is 0 Å². The number of rotatable bonds is 17. The average Bonchev–Trinajstić information content (AvgIpc) is 1.65. The van der Waals surface area contributed by atoms with Crippen LogP contribution in [0.15, 0.2) is 515 Å². The van der Waals surface area contributed by atoms with Gasteiger partial charge in [0.05, 0.1) is 0 Å².